The number of fused-ring (bicyclic) bond motifs is 2. The predicted octanol–water partition coefficient (Wildman–Crippen LogP) is 13.9. The van der Waals surface area contributed by atoms with Gasteiger partial charge in [-0.2, -0.15) is 0 Å². The first-order valence-electron chi connectivity index (χ1n) is 17.4. The molecule has 8 rings (SSSR count). The molecule has 0 fully saturated rings. The van der Waals surface area contributed by atoms with Crippen LogP contribution in [0.15, 0.2) is 188 Å². The smallest absolute Gasteiger partial charge is 0.0463 e. The minimum atomic E-state index is -0.0148. The Morgan fingerprint density at radius 3 is 1.16 bits per heavy atom. The maximum atomic E-state index is 2.37. The summed E-state index contributed by atoms with van der Waals surface area (Å²) in [6.45, 7) is 6.93. The van der Waals surface area contributed by atoms with Gasteiger partial charge in [0.15, 0.2) is 0 Å². The van der Waals surface area contributed by atoms with E-state index in [0.717, 1.165) is 34.1 Å². The highest BCUT2D eigenvalue weighted by atomic mass is 15.2. The molecule has 0 aliphatic heterocycles. The number of nitrogens with zero attached hydrogens (tertiary/aromatic N) is 2. The van der Waals surface area contributed by atoms with E-state index in [4.69, 9.17) is 0 Å². The molecule has 2 nitrogen and oxygen atoms in total. The Bertz CT molecular complexity index is 2330. The second-order valence-electron chi connectivity index (χ2n) is 13.9. The second kappa shape index (κ2) is 13.1. The van der Waals surface area contributed by atoms with Crippen molar-refractivity contribution in [3.8, 4) is 11.1 Å². The van der Waals surface area contributed by atoms with E-state index in [1.165, 1.54) is 38.2 Å². The lowest BCUT2D eigenvalue weighted by Gasteiger charge is -2.29. The van der Waals surface area contributed by atoms with Crippen LogP contribution >= 0.6 is 0 Å². The van der Waals surface area contributed by atoms with Gasteiger partial charge in [0.25, 0.3) is 0 Å². The summed E-state index contributed by atoms with van der Waals surface area (Å²) < 4.78 is 0. The van der Waals surface area contributed by atoms with E-state index in [-0.39, 0.29) is 5.41 Å². The van der Waals surface area contributed by atoms with Crippen molar-refractivity contribution in [3.05, 3.63) is 194 Å². The zero-order valence-electron chi connectivity index (χ0n) is 28.8. The van der Waals surface area contributed by atoms with Gasteiger partial charge in [-0.15, -0.1) is 0 Å². The Hall–Kier alpha value is -6.12. The summed E-state index contributed by atoms with van der Waals surface area (Å²) in [6, 6.07) is 67.7. The van der Waals surface area contributed by atoms with Crippen molar-refractivity contribution in [2.24, 2.45) is 0 Å². The van der Waals surface area contributed by atoms with E-state index in [1.807, 2.05) is 0 Å². The Morgan fingerprint density at radius 1 is 0.340 bits per heavy atom. The molecule has 0 bridgehead atoms. The third-order valence-electron chi connectivity index (χ3n) is 9.52. The fourth-order valence-electron chi connectivity index (χ4n) is 7.10. The number of hydrogen-bond donors (Lipinski definition) is 0. The molecule has 0 saturated heterocycles. The van der Waals surface area contributed by atoms with Gasteiger partial charge in [-0.05, 0) is 129 Å². The molecule has 0 amide bonds. The average Bonchev–Trinajstić information content (AvgIpc) is 3.16. The van der Waals surface area contributed by atoms with Crippen molar-refractivity contribution >= 4 is 55.7 Å². The number of anilines is 6. The van der Waals surface area contributed by atoms with E-state index in [1.54, 1.807) is 0 Å². The summed E-state index contributed by atoms with van der Waals surface area (Å²) in [5, 5.41) is 5.09. The molecular formula is C48H40N2. The summed E-state index contributed by atoms with van der Waals surface area (Å²) in [7, 11) is 0. The second-order valence-corrected chi connectivity index (χ2v) is 13.9. The van der Waals surface area contributed by atoms with Crippen LogP contribution < -0.4 is 9.80 Å². The third-order valence-corrected chi connectivity index (χ3v) is 9.52. The summed E-state index contributed by atoms with van der Waals surface area (Å²) in [5.74, 6) is 0. The van der Waals surface area contributed by atoms with E-state index >= 15 is 0 Å². The number of hydrogen-bond acceptors (Lipinski definition) is 2. The summed E-state index contributed by atoms with van der Waals surface area (Å²) in [5.41, 5.74) is 10.5. The fraction of sp³-hybridized carbons (Fsp3) is 0.0833. The third kappa shape index (κ3) is 6.01. The van der Waals surface area contributed by atoms with Gasteiger partial charge in [0.2, 0.25) is 0 Å². The minimum Gasteiger partial charge on any atom is -0.311 e. The molecule has 8 aromatic carbocycles. The first-order valence-corrected chi connectivity index (χ1v) is 17.4. The lowest BCUT2D eigenvalue weighted by Crippen LogP contribution is -2.13. The lowest BCUT2D eigenvalue weighted by molar-refractivity contribution is 0.593. The van der Waals surface area contributed by atoms with E-state index in [2.05, 4.69) is 219 Å². The summed E-state index contributed by atoms with van der Waals surface area (Å²) in [6.07, 6.45) is 0. The van der Waals surface area contributed by atoms with Gasteiger partial charge in [-0.3, -0.25) is 0 Å². The Balaban J connectivity index is 1.22. The Kier molecular flexibility index (Phi) is 8.14. The summed E-state index contributed by atoms with van der Waals surface area (Å²) >= 11 is 0. The minimum absolute atomic E-state index is 0.0148. The van der Waals surface area contributed by atoms with Gasteiger partial charge in [-0.1, -0.05) is 124 Å². The monoisotopic (exact) mass is 644 g/mol. The van der Waals surface area contributed by atoms with E-state index in [0.29, 0.717) is 0 Å². The summed E-state index contributed by atoms with van der Waals surface area (Å²) in [4.78, 5) is 4.63. The quantitative estimate of drug-likeness (QED) is 0.159. The van der Waals surface area contributed by atoms with Gasteiger partial charge in [0.1, 0.15) is 0 Å². The zero-order valence-corrected chi connectivity index (χ0v) is 28.8. The normalized spacial score (nSPS) is 11.5. The van der Waals surface area contributed by atoms with E-state index in [9.17, 15) is 0 Å². The number of para-hydroxylation sites is 3. The van der Waals surface area contributed by atoms with Crippen LogP contribution in [0.2, 0.25) is 0 Å². The van der Waals surface area contributed by atoms with E-state index < -0.39 is 0 Å². The van der Waals surface area contributed by atoms with Gasteiger partial charge in [0.05, 0.1) is 0 Å². The van der Waals surface area contributed by atoms with Gasteiger partial charge >= 0.3 is 0 Å². The molecule has 2 heteroatoms. The largest absolute Gasteiger partial charge is 0.311 e. The number of rotatable bonds is 7. The maximum Gasteiger partial charge on any atom is 0.0463 e. The molecule has 0 atom stereocenters. The molecule has 0 aliphatic carbocycles. The Morgan fingerprint density at radius 2 is 0.720 bits per heavy atom. The van der Waals surface area contributed by atoms with Crippen LogP contribution in [0.4, 0.5) is 34.1 Å². The zero-order chi connectivity index (χ0) is 34.1. The van der Waals surface area contributed by atoms with Crippen molar-refractivity contribution in [1.29, 1.82) is 0 Å². The van der Waals surface area contributed by atoms with Crippen LogP contribution in [0.5, 0.6) is 0 Å². The highest BCUT2D eigenvalue weighted by Gasteiger charge is 2.22. The van der Waals surface area contributed by atoms with Crippen molar-refractivity contribution in [2.45, 2.75) is 26.2 Å². The first-order chi connectivity index (χ1) is 24.4. The van der Waals surface area contributed by atoms with Crippen molar-refractivity contribution in [3.63, 3.8) is 0 Å². The average molecular weight is 645 g/mol. The molecule has 0 radical (unpaired) electrons. The molecule has 0 N–H and O–H groups in total. The molecule has 242 valence electrons. The van der Waals surface area contributed by atoms with Crippen LogP contribution in [-0.2, 0) is 5.41 Å². The Labute approximate surface area is 295 Å². The van der Waals surface area contributed by atoms with Gasteiger partial charge in [-0.25, -0.2) is 0 Å². The molecule has 0 spiro atoms. The predicted molar refractivity (Wildman–Crippen MR) is 215 cm³/mol. The number of benzene rings is 8. The van der Waals surface area contributed by atoms with Crippen molar-refractivity contribution < 1.29 is 0 Å². The standard InChI is InChI=1S/C48H40N2/c1-48(2,3)46-32-25-38-33-36-15-13-14-16-37(36)34-45(38)47(46)35-23-26-42(27-24-35)50(41-21-11-6-12-22-41)44-30-28-43(29-31-44)49(39-17-7-4-8-18-39)40-19-9-5-10-20-40/h4-34H,1-3H3. The lowest BCUT2D eigenvalue weighted by atomic mass is 9.79. The SMILES string of the molecule is CC(C)(C)c1ccc2cc3ccccc3cc2c1-c1ccc(N(c2ccccc2)c2ccc(N(c3ccccc3)c3ccccc3)cc2)cc1. The molecule has 0 aliphatic rings. The molecule has 50 heavy (non-hydrogen) atoms. The van der Waals surface area contributed by atoms with Crippen LogP contribution in [0.25, 0.3) is 32.7 Å². The van der Waals surface area contributed by atoms with Crippen LogP contribution in [0, 0.1) is 0 Å². The van der Waals surface area contributed by atoms with Crippen molar-refractivity contribution in [2.75, 3.05) is 9.80 Å². The van der Waals surface area contributed by atoms with Crippen LogP contribution in [0.1, 0.15) is 26.3 Å². The molecule has 0 aromatic heterocycles. The van der Waals surface area contributed by atoms with Crippen LogP contribution in [0.3, 0.4) is 0 Å². The topological polar surface area (TPSA) is 6.48 Å². The molecule has 8 aromatic rings. The molecular weight excluding hydrogens is 605 g/mol. The highest BCUT2D eigenvalue weighted by molar-refractivity contribution is 6.06. The molecule has 0 heterocycles. The van der Waals surface area contributed by atoms with Gasteiger partial charge in [0, 0.05) is 34.1 Å². The first kappa shape index (κ1) is 31.2. The van der Waals surface area contributed by atoms with Gasteiger partial charge < -0.3 is 9.80 Å². The maximum absolute atomic E-state index is 2.37. The van der Waals surface area contributed by atoms with Crippen molar-refractivity contribution in [1.82, 2.24) is 0 Å². The van der Waals surface area contributed by atoms with Crippen LogP contribution in [-0.4, -0.2) is 0 Å². The fourth-order valence-corrected chi connectivity index (χ4v) is 7.10. The molecule has 0 saturated carbocycles. The molecule has 0 unspecified atom stereocenters. The highest BCUT2D eigenvalue weighted by Crippen LogP contribution is 2.43.